The van der Waals surface area contributed by atoms with Crippen molar-refractivity contribution in [2.24, 2.45) is 0 Å². The topological polar surface area (TPSA) is 45.2 Å². The molecule has 0 radical (unpaired) electrons. The summed E-state index contributed by atoms with van der Waals surface area (Å²) in [5, 5.41) is 2.64. The van der Waals surface area contributed by atoms with Gasteiger partial charge in [-0.1, -0.05) is 36.1 Å². The second-order valence-electron chi connectivity index (χ2n) is 6.28. The third-order valence-corrected chi connectivity index (χ3v) is 4.21. The van der Waals surface area contributed by atoms with Crippen molar-refractivity contribution in [3.05, 3.63) is 71.6 Å². The van der Waals surface area contributed by atoms with Crippen LogP contribution in [0.1, 0.15) is 31.7 Å². The highest BCUT2D eigenvalue weighted by molar-refractivity contribution is 5.87. The van der Waals surface area contributed by atoms with Crippen LogP contribution >= 0.6 is 0 Å². The molecule has 0 fully saturated rings. The highest BCUT2D eigenvalue weighted by atomic mass is 16.1. The van der Waals surface area contributed by atoms with E-state index in [0.29, 0.717) is 5.82 Å². The minimum Gasteiger partial charge on any atom is -0.373 e. The van der Waals surface area contributed by atoms with Gasteiger partial charge in [0, 0.05) is 38.2 Å². The van der Waals surface area contributed by atoms with E-state index in [2.05, 4.69) is 63.6 Å². The number of nitrogens with zero attached hydrogens (tertiary/aromatic N) is 2. The lowest BCUT2D eigenvalue weighted by molar-refractivity contribution is -0.114. The maximum atomic E-state index is 11.0. The van der Waals surface area contributed by atoms with Crippen LogP contribution in [0, 0.1) is 11.8 Å². The molecule has 0 spiro atoms. The maximum Gasteiger partial charge on any atom is 0.222 e. The lowest BCUT2D eigenvalue weighted by atomic mass is 9.96. The number of hydrogen-bond acceptors (Lipinski definition) is 3. The Morgan fingerprint density at radius 3 is 2.88 bits per heavy atom. The molecule has 132 valence electrons. The van der Waals surface area contributed by atoms with E-state index in [1.54, 1.807) is 12.3 Å². The third-order valence-electron chi connectivity index (χ3n) is 4.21. The van der Waals surface area contributed by atoms with E-state index in [1.807, 2.05) is 6.07 Å². The Morgan fingerprint density at radius 2 is 2.23 bits per heavy atom. The predicted molar refractivity (Wildman–Crippen MR) is 105 cm³/mol. The number of carbonyl (C=O) groups is 1. The number of rotatable bonds is 4. The van der Waals surface area contributed by atoms with Crippen LogP contribution in [0.25, 0.3) is 0 Å². The van der Waals surface area contributed by atoms with Crippen LogP contribution in [0.2, 0.25) is 0 Å². The summed E-state index contributed by atoms with van der Waals surface area (Å²) in [6.45, 7) is 3.30. The van der Waals surface area contributed by atoms with Gasteiger partial charge in [-0.2, -0.15) is 0 Å². The second kappa shape index (κ2) is 8.87. The first-order chi connectivity index (χ1) is 12.7. The SMILES string of the molecule is CC(=O)Nc1ccc(C#CCCN2C=CC(C3=CCC=CC3)=CC2)cn1. The highest BCUT2D eigenvalue weighted by Crippen LogP contribution is 2.23. The summed E-state index contributed by atoms with van der Waals surface area (Å²) < 4.78 is 0. The number of carbonyl (C=O) groups excluding carboxylic acids is 1. The van der Waals surface area contributed by atoms with Crippen molar-refractivity contribution >= 4 is 11.7 Å². The van der Waals surface area contributed by atoms with Gasteiger partial charge in [0.15, 0.2) is 0 Å². The van der Waals surface area contributed by atoms with Crippen molar-refractivity contribution in [2.45, 2.75) is 26.2 Å². The first-order valence-electron chi connectivity index (χ1n) is 8.90. The van der Waals surface area contributed by atoms with E-state index in [0.717, 1.165) is 37.9 Å². The minimum atomic E-state index is -0.126. The summed E-state index contributed by atoms with van der Waals surface area (Å²) in [6.07, 6.45) is 18.0. The Labute approximate surface area is 155 Å². The molecular formula is C22H23N3O. The highest BCUT2D eigenvalue weighted by Gasteiger charge is 2.08. The Kier molecular flexibility index (Phi) is 6.05. The zero-order chi connectivity index (χ0) is 18.2. The number of pyridine rings is 1. The molecule has 1 aliphatic heterocycles. The normalized spacial score (nSPS) is 15.7. The monoisotopic (exact) mass is 345 g/mol. The summed E-state index contributed by atoms with van der Waals surface area (Å²) in [6, 6.07) is 3.63. The van der Waals surface area contributed by atoms with E-state index >= 15 is 0 Å². The van der Waals surface area contributed by atoms with Crippen molar-refractivity contribution in [3.8, 4) is 11.8 Å². The fraction of sp³-hybridized carbons (Fsp3) is 0.273. The van der Waals surface area contributed by atoms with Gasteiger partial charge < -0.3 is 10.2 Å². The van der Waals surface area contributed by atoms with Gasteiger partial charge in [0.2, 0.25) is 5.91 Å². The van der Waals surface area contributed by atoms with Gasteiger partial charge in [-0.15, -0.1) is 0 Å². The van der Waals surface area contributed by atoms with Crippen molar-refractivity contribution in [2.75, 3.05) is 18.4 Å². The van der Waals surface area contributed by atoms with E-state index < -0.39 is 0 Å². The van der Waals surface area contributed by atoms with Crippen LogP contribution in [-0.4, -0.2) is 28.9 Å². The molecule has 0 atom stereocenters. The molecular weight excluding hydrogens is 322 g/mol. The molecule has 1 aromatic rings. The number of nitrogens with one attached hydrogen (secondary N) is 1. The molecule has 1 amide bonds. The van der Waals surface area contributed by atoms with Gasteiger partial charge in [-0.05, 0) is 48.4 Å². The zero-order valence-corrected chi connectivity index (χ0v) is 15.0. The molecule has 26 heavy (non-hydrogen) atoms. The molecule has 1 N–H and O–H groups in total. The Morgan fingerprint density at radius 1 is 1.31 bits per heavy atom. The zero-order valence-electron chi connectivity index (χ0n) is 15.0. The fourth-order valence-electron chi connectivity index (χ4n) is 2.86. The standard InChI is InChI=1S/C22H23N3O/c1-18(26)24-22-11-10-19(17-23-22)7-5-6-14-25-15-12-21(13-16-25)20-8-3-2-4-9-20/h2-3,9-13,15,17H,4,6,8,14,16H2,1H3,(H,23,24,26). The van der Waals surface area contributed by atoms with Crippen molar-refractivity contribution < 1.29 is 4.79 Å². The molecule has 3 rings (SSSR count). The molecule has 1 aliphatic carbocycles. The third kappa shape index (κ3) is 5.22. The van der Waals surface area contributed by atoms with Crippen LogP contribution in [0.4, 0.5) is 5.82 Å². The molecule has 4 heteroatoms. The summed E-state index contributed by atoms with van der Waals surface area (Å²) in [5.74, 6) is 6.73. The van der Waals surface area contributed by atoms with Gasteiger partial charge in [-0.3, -0.25) is 4.79 Å². The van der Waals surface area contributed by atoms with Crippen molar-refractivity contribution in [1.82, 2.24) is 9.88 Å². The van der Waals surface area contributed by atoms with Gasteiger partial charge >= 0.3 is 0 Å². The minimum absolute atomic E-state index is 0.126. The molecule has 0 bridgehead atoms. The summed E-state index contributed by atoms with van der Waals surface area (Å²) in [7, 11) is 0. The van der Waals surface area contributed by atoms with Gasteiger partial charge in [-0.25, -0.2) is 4.98 Å². The van der Waals surface area contributed by atoms with Gasteiger partial charge in [0.25, 0.3) is 0 Å². The van der Waals surface area contributed by atoms with Gasteiger partial charge in [0.1, 0.15) is 5.82 Å². The largest absolute Gasteiger partial charge is 0.373 e. The smallest absolute Gasteiger partial charge is 0.222 e. The number of anilines is 1. The van der Waals surface area contributed by atoms with E-state index in [9.17, 15) is 4.79 Å². The van der Waals surface area contributed by atoms with Gasteiger partial charge in [0.05, 0.1) is 0 Å². The molecule has 4 nitrogen and oxygen atoms in total. The fourth-order valence-corrected chi connectivity index (χ4v) is 2.86. The lowest BCUT2D eigenvalue weighted by Crippen LogP contribution is -2.21. The van der Waals surface area contributed by atoms with Crippen LogP contribution in [0.15, 0.2) is 66.1 Å². The Hall–Kier alpha value is -3.06. The molecule has 0 saturated carbocycles. The lowest BCUT2D eigenvalue weighted by Gasteiger charge is -2.23. The average Bonchev–Trinajstić information content (AvgIpc) is 2.67. The van der Waals surface area contributed by atoms with E-state index in [-0.39, 0.29) is 5.91 Å². The van der Waals surface area contributed by atoms with E-state index in [1.165, 1.54) is 18.1 Å². The quantitative estimate of drug-likeness (QED) is 0.667. The molecule has 1 aromatic heterocycles. The van der Waals surface area contributed by atoms with Crippen LogP contribution < -0.4 is 5.32 Å². The maximum absolute atomic E-state index is 11.0. The van der Waals surface area contributed by atoms with Crippen LogP contribution in [0.5, 0.6) is 0 Å². The summed E-state index contributed by atoms with van der Waals surface area (Å²) in [5.41, 5.74) is 3.63. The second-order valence-corrected chi connectivity index (χ2v) is 6.28. The molecule has 2 aliphatic rings. The Balaban J connectivity index is 1.44. The van der Waals surface area contributed by atoms with Crippen LogP contribution in [0.3, 0.4) is 0 Å². The number of allylic oxidation sites excluding steroid dienone is 6. The molecule has 0 unspecified atom stereocenters. The number of amides is 1. The average molecular weight is 345 g/mol. The van der Waals surface area contributed by atoms with Crippen molar-refractivity contribution in [3.63, 3.8) is 0 Å². The number of aromatic nitrogens is 1. The Bertz CT molecular complexity index is 832. The summed E-state index contributed by atoms with van der Waals surface area (Å²) >= 11 is 0. The van der Waals surface area contributed by atoms with Crippen LogP contribution in [-0.2, 0) is 4.79 Å². The predicted octanol–water partition coefficient (Wildman–Crippen LogP) is 3.81. The molecule has 2 heterocycles. The first-order valence-corrected chi connectivity index (χ1v) is 8.90. The van der Waals surface area contributed by atoms with E-state index in [4.69, 9.17) is 0 Å². The molecule has 0 saturated heterocycles. The van der Waals surface area contributed by atoms with Crippen molar-refractivity contribution in [1.29, 1.82) is 0 Å². The summed E-state index contributed by atoms with van der Waals surface area (Å²) in [4.78, 5) is 17.4. The first kappa shape index (κ1) is 17.8. The molecule has 0 aromatic carbocycles. The number of hydrogen-bond donors (Lipinski definition) is 1.